The van der Waals surface area contributed by atoms with Crippen LogP contribution in [0.5, 0.6) is 0 Å². The zero-order chi connectivity index (χ0) is 11.9. The van der Waals surface area contributed by atoms with E-state index in [4.69, 9.17) is 4.74 Å². The first-order valence-electron chi connectivity index (χ1n) is 6.36. The Balaban J connectivity index is 1.76. The maximum Gasteiger partial charge on any atom is 0.202 e. The number of nitrogens with zero attached hydrogens (tertiary/aromatic N) is 3. The van der Waals surface area contributed by atoms with Gasteiger partial charge in [0.25, 0.3) is 0 Å². The van der Waals surface area contributed by atoms with Crippen molar-refractivity contribution in [1.29, 1.82) is 0 Å². The largest absolute Gasteiger partial charge is 0.383 e. The minimum Gasteiger partial charge on any atom is -0.383 e. The highest BCUT2D eigenvalue weighted by Crippen LogP contribution is 2.09. The predicted molar refractivity (Wildman–Crippen MR) is 68.3 cm³/mol. The van der Waals surface area contributed by atoms with E-state index in [-0.39, 0.29) is 0 Å². The molecule has 1 saturated heterocycles. The zero-order valence-electron chi connectivity index (χ0n) is 10.6. The van der Waals surface area contributed by atoms with Crippen LogP contribution in [0.3, 0.4) is 0 Å². The number of anilines is 1. The van der Waals surface area contributed by atoms with Gasteiger partial charge in [0.1, 0.15) is 0 Å². The number of methoxy groups -OCH3 is 1. The fourth-order valence-corrected chi connectivity index (χ4v) is 2.18. The maximum absolute atomic E-state index is 5.01. The number of hydrogen-bond donors (Lipinski definition) is 1. The summed E-state index contributed by atoms with van der Waals surface area (Å²) in [6.45, 7) is 6.14. The van der Waals surface area contributed by atoms with Gasteiger partial charge in [0.2, 0.25) is 5.95 Å². The lowest BCUT2D eigenvalue weighted by Gasteiger charge is -2.16. The molecule has 1 aromatic rings. The van der Waals surface area contributed by atoms with Gasteiger partial charge in [-0.05, 0) is 25.9 Å². The summed E-state index contributed by atoms with van der Waals surface area (Å²) >= 11 is 0. The van der Waals surface area contributed by atoms with Crippen LogP contribution in [-0.2, 0) is 11.3 Å². The molecule has 0 atom stereocenters. The lowest BCUT2D eigenvalue weighted by atomic mass is 10.4. The number of ether oxygens (including phenoxy) is 1. The molecule has 1 aliphatic heterocycles. The van der Waals surface area contributed by atoms with Crippen LogP contribution in [0.2, 0.25) is 0 Å². The Hall–Kier alpha value is -1.07. The van der Waals surface area contributed by atoms with Gasteiger partial charge in [-0.1, -0.05) is 0 Å². The van der Waals surface area contributed by atoms with Crippen molar-refractivity contribution in [2.45, 2.75) is 19.4 Å². The molecule has 0 spiro atoms. The van der Waals surface area contributed by atoms with Gasteiger partial charge in [-0.3, -0.25) is 0 Å². The van der Waals surface area contributed by atoms with Gasteiger partial charge in [-0.25, -0.2) is 4.98 Å². The van der Waals surface area contributed by atoms with E-state index in [1.54, 1.807) is 7.11 Å². The van der Waals surface area contributed by atoms with Crippen molar-refractivity contribution in [2.75, 3.05) is 45.2 Å². The van der Waals surface area contributed by atoms with Crippen molar-refractivity contribution < 1.29 is 4.74 Å². The molecular formula is C12H22N4O. The van der Waals surface area contributed by atoms with Gasteiger partial charge in [0.15, 0.2) is 0 Å². The van der Waals surface area contributed by atoms with E-state index >= 15 is 0 Å². The Morgan fingerprint density at radius 2 is 2.18 bits per heavy atom. The minimum absolute atomic E-state index is 0.707. The summed E-state index contributed by atoms with van der Waals surface area (Å²) in [5.41, 5.74) is 0. The van der Waals surface area contributed by atoms with Crippen molar-refractivity contribution in [2.24, 2.45) is 0 Å². The second-order valence-electron chi connectivity index (χ2n) is 4.41. The molecule has 0 bridgehead atoms. The molecular weight excluding hydrogens is 216 g/mol. The number of hydrogen-bond acceptors (Lipinski definition) is 4. The zero-order valence-corrected chi connectivity index (χ0v) is 10.6. The van der Waals surface area contributed by atoms with Gasteiger partial charge >= 0.3 is 0 Å². The molecule has 0 aromatic carbocycles. The first-order valence-corrected chi connectivity index (χ1v) is 6.36. The molecule has 1 N–H and O–H groups in total. The second kappa shape index (κ2) is 6.61. The monoisotopic (exact) mass is 238 g/mol. The number of nitrogens with one attached hydrogen (secondary N) is 1. The third-order valence-electron chi connectivity index (χ3n) is 3.16. The SMILES string of the molecule is COCCNc1nccn1CCN1CCCC1. The first kappa shape index (κ1) is 12.4. The van der Waals surface area contributed by atoms with Crippen LogP contribution in [0.1, 0.15) is 12.8 Å². The van der Waals surface area contributed by atoms with Gasteiger partial charge in [0.05, 0.1) is 6.61 Å². The van der Waals surface area contributed by atoms with E-state index in [1.807, 2.05) is 12.4 Å². The molecule has 96 valence electrons. The van der Waals surface area contributed by atoms with E-state index < -0.39 is 0 Å². The second-order valence-corrected chi connectivity index (χ2v) is 4.41. The van der Waals surface area contributed by atoms with Gasteiger partial charge < -0.3 is 19.5 Å². The number of aromatic nitrogens is 2. The van der Waals surface area contributed by atoms with Crippen LogP contribution in [0.4, 0.5) is 5.95 Å². The highest BCUT2D eigenvalue weighted by atomic mass is 16.5. The Morgan fingerprint density at radius 3 is 2.94 bits per heavy atom. The summed E-state index contributed by atoms with van der Waals surface area (Å²) < 4.78 is 7.19. The Kier molecular flexibility index (Phi) is 4.82. The minimum atomic E-state index is 0.707. The molecule has 1 aliphatic rings. The van der Waals surface area contributed by atoms with Crippen LogP contribution in [0.15, 0.2) is 12.4 Å². The third-order valence-corrected chi connectivity index (χ3v) is 3.16. The molecule has 0 aliphatic carbocycles. The first-order chi connectivity index (χ1) is 8.40. The predicted octanol–water partition coefficient (Wildman–Crippen LogP) is 1.04. The Bertz CT molecular complexity index is 320. The normalized spacial score (nSPS) is 16.5. The van der Waals surface area contributed by atoms with Crippen molar-refractivity contribution in [3.05, 3.63) is 12.4 Å². The molecule has 1 aromatic heterocycles. The van der Waals surface area contributed by atoms with Gasteiger partial charge in [0, 0.05) is 39.1 Å². The summed E-state index contributed by atoms with van der Waals surface area (Å²) in [5.74, 6) is 0.946. The molecule has 0 unspecified atom stereocenters. The number of rotatable bonds is 7. The van der Waals surface area contributed by atoms with Crippen molar-refractivity contribution in [3.63, 3.8) is 0 Å². The number of likely N-dealkylation sites (tertiary alicyclic amines) is 1. The molecule has 1 fully saturated rings. The lowest BCUT2D eigenvalue weighted by Crippen LogP contribution is -2.24. The van der Waals surface area contributed by atoms with Gasteiger partial charge in [-0.15, -0.1) is 0 Å². The quantitative estimate of drug-likeness (QED) is 0.721. The fraction of sp³-hybridized carbons (Fsp3) is 0.750. The maximum atomic E-state index is 5.01. The summed E-state index contributed by atoms with van der Waals surface area (Å²) in [6.07, 6.45) is 6.58. The molecule has 0 amide bonds. The summed E-state index contributed by atoms with van der Waals surface area (Å²) in [7, 11) is 1.71. The van der Waals surface area contributed by atoms with E-state index in [0.29, 0.717) is 6.61 Å². The van der Waals surface area contributed by atoms with Crippen LogP contribution < -0.4 is 5.32 Å². The standard InChI is InChI=1S/C12H22N4O/c1-17-11-5-14-12-13-4-8-16(12)10-9-15-6-2-3-7-15/h4,8H,2-3,5-7,9-11H2,1H3,(H,13,14). The highest BCUT2D eigenvalue weighted by Gasteiger charge is 2.11. The Labute approximate surface area is 103 Å². The molecule has 0 radical (unpaired) electrons. The fourth-order valence-electron chi connectivity index (χ4n) is 2.18. The van der Waals surface area contributed by atoms with Crippen LogP contribution in [-0.4, -0.2) is 54.3 Å². The van der Waals surface area contributed by atoms with E-state index in [0.717, 1.165) is 25.6 Å². The van der Waals surface area contributed by atoms with Crippen LogP contribution in [0.25, 0.3) is 0 Å². The summed E-state index contributed by atoms with van der Waals surface area (Å²) in [6, 6.07) is 0. The summed E-state index contributed by atoms with van der Waals surface area (Å²) in [4.78, 5) is 6.82. The Morgan fingerprint density at radius 1 is 1.35 bits per heavy atom. The number of imidazole rings is 1. The molecule has 2 rings (SSSR count). The topological polar surface area (TPSA) is 42.3 Å². The molecule has 0 saturated carbocycles. The van der Waals surface area contributed by atoms with E-state index in [1.165, 1.54) is 25.9 Å². The van der Waals surface area contributed by atoms with Crippen LogP contribution >= 0.6 is 0 Å². The molecule has 5 heteroatoms. The molecule has 5 nitrogen and oxygen atoms in total. The van der Waals surface area contributed by atoms with E-state index in [9.17, 15) is 0 Å². The average Bonchev–Trinajstić information content (AvgIpc) is 2.97. The molecule has 17 heavy (non-hydrogen) atoms. The highest BCUT2D eigenvalue weighted by molar-refractivity contribution is 5.25. The van der Waals surface area contributed by atoms with Crippen molar-refractivity contribution >= 4 is 5.95 Å². The average molecular weight is 238 g/mol. The summed E-state index contributed by atoms with van der Waals surface area (Å²) in [5, 5.41) is 3.28. The van der Waals surface area contributed by atoms with E-state index in [2.05, 4.69) is 19.8 Å². The lowest BCUT2D eigenvalue weighted by molar-refractivity contribution is 0.210. The van der Waals surface area contributed by atoms with Gasteiger partial charge in [-0.2, -0.15) is 0 Å². The van der Waals surface area contributed by atoms with Crippen molar-refractivity contribution in [3.8, 4) is 0 Å². The van der Waals surface area contributed by atoms with Crippen LogP contribution in [0, 0.1) is 0 Å². The smallest absolute Gasteiger partial charge is 0.202 e. The third kappa shape index (κ3) is 3.71. The molecule has 2 heterocycles. The van der Waals surface area contributed by atoms with Crippen molar-refractivity contribution in [1.82, 2.24) is 14.5 Å².